The number of hydrogen-bond donors (Lipinski definition) is 1. The molecular weight excluding hydrogens is 162 g/mol. The summed E-state index contributed by atoms with van der Waals surface area (Å²) in [5.41, 5.74) is 5.67. The molecule has 0 radical (unpaired) electrons. The van der Waals surface area contributed by atoms with Gasteiger partial charge in [-0.2, -0.15) is 0 Å². The second-order valence-corrected chi connectivity index (χ2v) is 3.85. The molecule has 0 saturated heterocycles. The van der Waals surface area contributed by atoms with Gasteiger partial charge in [-0.3, -0.25) is 0 Å². The number of ether oxygens (including phenoxy) is 1. The Hall–Kier alpha value is -0.0800. The van der Waals surface area contributed by atoms with Crippen LogP contribution < -0.4 is 5.73 Å². The lowest BCUT2D eigenvalue weighted by molar-refractivity contribution is 0.0496. The van der Waals surface area contributed by atoms with Gasteiger partial charge in [0.05, 0.1) is 6.10 Å². The summed E-state index contributed by atoms with van der Waals surface area (Å²) >= 11 is 0. The first-order valence-corrected chi connectivity index (χ1v) is 5.55. The highest BCUT2D eigenvalue weighted by molar-refractivity contribution is 4.61. The Morgan fingerprint density at radius 3 is 2.23 bits per heavy atom. The topological polar surface area (TPSA) is 35.2 Å². The van der Waals surface area contributed by atoms with E-state index < -0.39 is 0 Å². The highest BCUT2D eigenvalue weighted by Gasteiger charge is 2.05. The Morgan fingerprint density at radius 2 is 1.69 bits per heavy atom. The summed E-state index contributed by atoms with van der Waals surface area (Å²) in [6.07, 6.45) is 6.66. The van der Waals surface area contributed by atoms with Crippen molar-refractivity contribution in [1.82, 2.24) is 0 Å². The molecule has 0 aromatic carbocycles. The summed E-state index contributed by atoms with van der Waals surface area (Å²) in [7, 11) is 0. The van der Waals surface area contributed by atoms with Gasteiger partial charge in [0.25, 0.3) is 0 Å². The molecule has 0 rings (SSSR count). The van der Waals surface area contributed by atoms with Gasteiger partial charge in [0, 0.05) is 12.6 Å². The molecule has 2 atom stereocenters. The minimum atomic E-state index is 0.149. The first kappa shape index (κ1) is 12.9. The van der Waals surface area contributed by atoms with Crippen LogP contribution >= 0.6 is 0 Å². The average molecular weight is 187 g/mol. The molecule has 2 N–H and O–H groups in total. The third-order valence-electron chi connectivity index (χ3n) is 2.37. The van der Waals surface area contributed by atoms with Crippen molar-refractivity contribution in [2.24, 2.45) is 5.73 Å². The largest absolute Gasteiger partial charge is 0.377 e. The summed E-state index contributed by atoms with van der Waals surface area (Å²) in [5, 5.41) is 0. The quantitative estimate of drug-likeness (QED) is 0.593. The molecular formula is C11H25NO. The smallest absolute Gasteiger partial charge is 0.0695 e. The number of hydrogen-bond acceptors (Lipinski definition) is 2. The van der Waals surface area contributed by atoms with Gasteiger partial charge in [-0.25, -0.2) is 0 Å². The van der Waals surface area contributed by atoms with Crippen molar-refractivity contribution in [3.8, 4) is 0 Å². The highest BCUT2D eigenvalue weighted by atomic mass is 16.5. The van der Waals surface area contributed by atoms with Gasteiger partial charge < -0.3 is 10.5 Å². The maximum atomic E-state index is 5.67. The van der Waals surface area contributed by atoms with E-state index in [9.17, 15) is 0 Å². The zero-order chi connectivity index (χ0) is 10.1. The Balaban J connectivity index is 3.07. The van der Waals surface area contributed by atoms with E-state index in [1.54, 1.807) is 0 Å². The van der Waals surface area contributed by atoms with Crippen LogP contribution in [0.15, 0.2) is 0 Å². The summed E-state index contributed by atoms with van der Waals surface area (Å²) in [6, 6.07) is 0.149. The van der Waals surface area contributed by atoms with E-state index in [-0.39, 0.29) is 12.1 Å². The van der Waals surface area contributed by atoms with Crippen molar-refractivity contribution >= 4 is 0 Å². The van der Waals surface area contributed by atoms with Gasteiger partial charge >= 0.3 is 0 Å². The molecule has 2 nitrogen and oxygen atoms in total. The monoisotopic (exact) mass is 187 g/mol. The Morgan fingerprint density at radius 1 is 1.08 bits per heavy atom. The zero-order valence-electron chi connectivity index (χ0n) is 9.38. The van der Waals surface area contributed by atoms with Crippen LogP contribution in [0.3, 0.4) is 0 Å². The predicted molar refractivity (Wildman–Crippen MR) is 57.8 cm³/mol. The van der Waals surface area contributed by atoms with Crippen molar-refractivity contribution in [3.63, 3.8) is 0 Å². The Labute approximate surface area is 82.8 Å². The maximum absolute atomic E-state index is 5.67. The summed E-state index contributed by atoms with van der Waals surface area (Å²) in [5.74, 6) is 0. The van der Waals surface area contributed by atoms with Crippen molar-refractivity contribution in [2.75, 3.05) is 6.61 Å². The van der Waals surface area contributed by atoms with Crippen LogP contribution in [-0.2, 0) is 4.74 Å². The van der Waals surface area contributed by atoms with Gasteiger partial charge in [-0.15, -0.1) is 0 Å². The second-order valence-electron chi connectivity index (χ2n) is 3.85. The fourth-order valence-electron chi connectivity index (χ4n) is 1.13. The lowest BCUT2D eigenvalue weighted by Crippen LogP contribution is -2.31. The fraction of sp³-hybridized carbons (Fsp3) is 1.00. The van der Waals surface area contributed by atoms with Gasteiger partial charge in [0.2, 0.25) is 0 Å². The van der Waals surface area contributed by atoms with Crippen molar-refractivity contribution < 1.29 is 4.74 Å². The van der Waals surface area contributed by atoms with Crippen LogP contribution in [0, 0.1) is 0 Å². The zero-order valence-corrected chi connectivity index (χ0v) is 9.38. The van der Waals surface area contributed by atoms with E-state index in [1.807, 2.05) is 13.8 Å². The van der Waals surface area contributed by atoms with Crippen molar-refractivity contribution in [3.05, 3.63) is 0 Å². The van der Waals surface area contributed by atoms with Gasteiger partial charge in [0.1, 0.15) is 0 Å². The van der Waals surface area contributed by atoms with Crippen LogP contribution in [0.25, 0.3) is 0 Å². The molecule has 0 aliphatic heterocycles. The normalized spacial score (nSPS) is 15.7. The molecule has 0 bridgehead atoms. The number of nitrogens with two attached hydrogens (primary N) is 1. The summed E-state index contributed by atoms with van der Waals surface area (Å²) < 4.78 is 5.56. The average Bonchev–Trinajstić information content (AvgIpc) is 2.10. The molecule has 80 valence electrons. The molecule has 0 aromatic heterocycles. The van der Waals surface area contributed by atoms with E-state index in [1.165, 1.54) is 32.1 Å². The van der Waals surface area contributed by atoms with Crippen LogP contribution in [0.4, 0.5) is 0 Å². The van der Waals surface area contributed by atoms with Crippen LogP contribution in [-0.4, -0.2) is 18.8 Å². The van der Waals surface area contributed by atoms with Gasteiger partial charge in [0.15, 0.2) is 0 Å². The van der Waals surface area contributed by atoms with Crippen LogP contribution in [0.1, 0.15) is 52.9 Å². The second kappa shape index (κ2) is 8.52. The molecule has 0 spiro atoms. The molecule has 0 heterocycles. The Kier molecular flexibility index (Phi) is 8.46. The first-order valence-electron chi connectivity index (χ1n) is 5.55. The van der Waals surface area contributed by atoms with Crippen LogP contribution in [0.2, 0.25) is 0 Å². The maximum Gasteiger partial charge on any atom is 0.0695 e. The summed E-state index contributed by atoms with van der Waals surface area (Å²) in [6.45, 7) is 7.12. The molecule has 2 heteroatoms. The molecule has 0 saturated carbocycles. The third-order valence-corrected chi connectivity index (χ3v) is 2.37. The standard InChI is InChI=1S/C11H25NO/c1-4-5-6-7-8-9-13-11(3)10(2)12/h10-11H,4-9,12H2,1-3H3/t10-,11?/m1/s1. The minimum Gasteiger partial charge on any atom is -0.377 e. The molecule has 13 heavy (non-hydrogen) atoms. The van der Waals surface area contributed by atoms with E-state index in [0.717, 1.165) is 6.61 Å². The molecule has 0 amide bonds. The number of rotatable bonds is 8. The van der Waals surface area contributed by atoms with E-state index in [4.69, 9.17) is 10.5 Å². The molecule has 0 fully saturated rings. The molecule has 0 aromatic rings. The molecule has 1 unspecified atom stereocenters. The fourth-order valence-corrected chi connectivity index (χ4v) is 1.13. The summed E-state index contributed by atoms with van der Waals surface area (Å²) in [4.78, 5) is 0. The van der Waals surface area contributed by atoms with E-state index in [2.05, 4.69) is 6.92 Å². The van der Waals surface area contributed by atoms with Gasteiger partial charge in [-0.05, 0) is 20.3 Å². The Bertz CT molecular complexity index is 104. The van der Waals surface area contributed by atoms with Crippen molar-refractivity contribution in [2.45, 2.75) is 65.0 Å². The molecule has 0 aliphatic rings. The predicted octanol–water partition coefficient (Wildman–Crippen LogP) is 2.71. The van der Waals surface area contributed by atoms with E-state index in [0.29, 0.717) is 0 Å². The molecule has 0 aliphatic carbocycles. The lowest BCUT2D eigenvalue weighted by atomic mass is 10.1. The van der Waals surface area contributed by atoms with Gasteiger partial charge in [-0.1, -0.05) is 32.6 Å². The number of unbranched alkanes of at least 4 members (excludes halogenated alkanes) is 4. The third kappa shape index (κ3) is 8.26. The van der Waals surface area contributed by atoms with Crippen molar-refractivity contribution in [1.29, 1.82) is 0 Å². The SMILES string of the molecule is CCCCCCCOC(C)[C@@H](C)N. The first-order chi connectivity index (χ1) is 6.18. The lowest BCUT2D eigenvalue weighted by Gasteiger charge is -2.16. The van der Waals surface area contributed by atoms with Crippen LogP contribution in [0.5, 0.6) is 0 Å². The minimum absolute atomic E-state index is 0.149. The highest BCUT2D eigenvalue weighted by Crippen LogP contribution is 2.04. The van der Waals surface area contributed by atoms with E-state index >= 15 is 0 Å².